The first kappa shape index (κ1) is 29.6. The molecule has 0 aliphatic rings. The van der Waals surface area contributed by atoms with E-state index < -0.39 is 22.0 Å². The van der Waals surface area contributed by atoms with Gasteiger partial charge in [-0.3, -0.25) is 14.0 Å². The molecule has 0 aliphatic heterocycles. The van der Waals surface area contributed by atoms with E-state index in [1.54, 1.807) is 72.8 Å². The number of halogens is 2. The summed E-state index contributed by atoms with van der Waals surface area (Å²) >= 11 is 5.73. The van der Waals surface area contributed by atoms with E-state index >= 15 is 0 Å². The van der Waals surface area contributed by atoms with Crippen molar-refractivity contribution in [1.82, 2.24) is 24.3 Å². The van der Waals surface area contributed by atoms with Crippen molar-refractivity contribution >= 4 is 33.5 Å². The average Bonchev–Trinajstić information content (AvgIpc) is 3.36. The van der Waals surface area contributed by atoms with Crippen LogP contribution in [0.4, 0.5) is 16.2 Å². The topological polar surface area (TPSA) is 152 Å². The van der Waals surface area contributed by atoms with Crippen molar-refractivity contribution in [2.75, 3.05) is 11.9 Å². The Morgan fingerprint density at radius 3 is 2.39 bits per heavy atom. The van der Waals surface area contributed by atoms with Crippen LogP contribution in [-0.2, 0) is 17.2 Å². The minimum absolute atomic E-state index is 0.0255. The molecule has 11 nitrogen and oxygen atoms in total. The van der Waals surface area contributed by atoms with Crippen LogP contribution in [0.15, 0.2) is 101 Å². The van der Waals surface area contributed by atoms with Crippen molar-refractivity contribution in [1.29, 1.82) is 0 Å². The maximum atomic E-state index is 13.8. The second-order valence-electron chi connectivity index (χ2n) is 8.55. The lowest BCUT2D eigenvalue weighted by molar-refractivity contribution is 0.247. The number of pyridine rings is 1. The Morgan fingerprint density at radius 1 is 1.05 bits per heavy atom. The van der Waals surface area contributed by atoms with Gasteiger partial charge in [0.05, 0.1) is 34.5 Å². The number of rotatable bonds is 7. The van der Waals surface area contributed by atoms with E-state index in [0.29, 0.717) is 28.6 Å². The number of nitrogens with one attached hydrogen (secondary N) is 1. The molecule has 14 heteroatoms. The molecule has 0 saturated heterocycles. The second kappa shape index (κ2) is 12.8. The molecule has 0 fully saturated rings. The van der Waals surface area contributed by atoms with E-state index in [-0.39, 0.29) is 22.1 Å². The van der Waals surface area contributed by atoms with Crippen LogP contribution in [0, 0.1) is 5.82 Å². The van der Waals surface area contributed by atoms with Crippen LogP contribution in [0.25, 0.3) is 11.3 Å². The molecule has 3 heterocycles. The van der Waals surface area contributed by atoms with Crippen molar-refractivity contribution in [2.24, 2.45) is 7.05 Å². The molecule has 0 aliphatic carbocycles. The third-order valence-electron chi connectivity index (χ3n) is 5.84. The highest BCUT2D eigenvalue weighted by Gasteiger charge is 2.17. The molecule has 0 amide bonds. The van der Waals surface area contributed by atoms with Crippen LogP contribution in [0.3, 0.4) is 0 Å². The Bertz CT molecular complexity index is 1810. The van der Waals surface area contributed by atoms with Gasteiger partial charge in [0.2, 0.25) is 5.95 Å². The SMILES string of the molecule is Cn1nccc1Nc1nccc(-c2ccn([C@H](CO)c3ccc(Cl)c(F)c3)c(=O)c2)n1.O=S(=O)(O)c1ccccc1. The number of hydrogen-bond acceptors (Lipinski definition) is 8. The van der Waals surface area contributed by atoms with Crippen molar-refractivity contribution in [3.05, 3.63) is 118 Å². The summed E-state index contributed by atoms with van der Waals surface area (Å²) in [7, 11) is -2.22. The quantitative estimate of drug-likeness (QED) is 0.235. The predicted molar refractivity (Wildman–Crippen MR) is 151 cm³/mol. The Morgan fingerprint density at radius 2 is 1.80 bits per heavy atom. The van der Waals surface area contributed by atoms with Gasteiger partial charge in [0, 0.05) is 37.1 Å². The minimum Gasteiger partial charge on any atom is -0.394 e. The number of aryl methyl sites for hydroxylation is 1. The molecule has 5 rings (SSSR count). The number of benzene rings is 2. The third-order valence-corrected chi connectivity index (χ3v) is 7.01. The lowest BCUT2D eigenvalue weighted by atomic mass is 10.1. The van der Waals surface area contributed by atoms with Gasteiger partial charge in [-0.05, 0) is 42.0 Å². The first-order chi connectivity index (χ1) is 19.6. The van der Waals surface area contributed by atoms with Crippen LogP contribution in [0.5, 0.6) is 0 Å². The number of aliphatic hydroxyl groups excluding tert-OH is 1. The molecule has 41 heavy (non-hydrogen) atoms. The van der Waals surface area contributed by atoms with Crippen molar-refractivity contribution in [2.45, 2.75) is 10.9 Å². The Labute approximate surface area is 239 Å². The van der Waals surface area contributed by atoms with Gasteiger partial charge in [0.25, 0.3) is 15.7 Å². The molecule has 2 aromatic carbocycles. The standard InChI is InChI=1S/C21H18ClFN6O2.C6H6O3S/c1-28-19(5-8-25-28)27-21-24-7-4-17(26-21)13-6-9-29(20(31)11-13)18(12-30)14-2-3-15(22)16(23)10-14;7-10(8,9)6-4-2-1-3-5-6/h2-11,18,30H,12H2,1H3,(H,24,26,27);1-5H,(H,7,8,9)/t18-;/m1./s1. The monoisotopic (exact) mass is 598 g/mol. The van der Waals surface area contributed by atoms with E-state index in [1.165, 1.54) is 34.9 Å². The molecule has 3 aromatic heterocycles. The lowest BCUT2D eigenvalue weighted by Crippen LogP contribution is -2.27. The zero-order valence-electron chi connectivity index (χ0n) is 21.5. The van der Waals surface area contributed by atoms with Gasteiger partial charge < -0.3 is 15.0 Å². The summed E-state index contributed by atoms with van der Waals surface area (Å²) < 4.78 is 46.1. The number of hydrogen-bond donors (Lipinski definition) is 3. The molecule has 5 aromatic rings. The molecule has 0 bridgehead atoms. The summed E-state index contributed by atoms with van der Waals surface area (Å²) in [5, 5.41) is 16.9. The van der Waals surface area contributed by atoms with Crippen molar-refractivity contribution in [3.63, 3.8) is 0 Å². The van der Waals surface area contributed by atoms with Gasteiger partial charge >= 0.3 is 0 Å². The summed E-state index contributed by atoms with van der Waals surface area (Å²) in [5.74, 6) is 0.459. The highest BCUT2D eigenvalue weighted by Crippen LogP contribution is 2.23. The highest BCUT2D eigenvalue weighted by molar-refractivity contribution is 7.85. The minimum atomic E-state index is -4.00. The molecule has 1 atom stereocenters. The molecular formula is C27H24ClFN6O5S. The highest BCUT2D eigenvalue weighted by atomic mass is 35.5. The van der Waals surface area contributed by atoms with E-state index in [0.717, 1.165) is 0 Å². The Balaban J connectivity index is 0.000000328. The van der Waals surface area contributed by atoms with Crippen LogP contribution in [0.1, 0.15) is 11.6 Å². The van der Waals surface area contributed by atoms with Crippen LogP contribution < -0.4 is 10.9 Å². The van der Waals surface area contributed by atoms with Gasteiger partial charge in [-0.15, -0.1) is 0 Å². The summed E-state index contributed by atoms with van der Waals surface area (Å²) in [4.78, 5) is 21.4. The molecule has 0 unspecified atom stereocenters. The van der Waals surface area contributed by atoms with Crippen LogP contribution >= 0.6 is 11.6 Å². The summed E-state index contributed by atoms with van der Waals surface area (Å²) in [6.07, 6.45) is 4.77. The summed E-state index contributed by atoms with van der Waals surface area (Å²) in [5.41, 5.74) is 1.19. The molecular weight excluding hydrogens is 575 g/mol. The van der Waals surface area contributed by atoms with Crippen molar-refractivity contribution in [3.8, 4) is 11.3 Å². The van der Waals surface area contributed by atoms with E-state index in [4.69, 9.17) is 16.2 Å². The van der Waals surface area contributed by atoms with E-state index in [1.807, 2.05) is 0 Å². The lowest BCUT2D eigenvalue weighted by Gasteiger charge is -2.18. The van der Waals surface area contributed by atoms with Gasteiger partial charge in [-0.25, -0.2) is 14.4 Å². The molecule has 0 spiro atoms. The maximum Gasteiger partial charge on any atom is 0.294 e. The van der Waals surface area contributed by atoms with Crippen LogP contribution in [-0.4, -0.2) is 49.0 Å². The van der Waals surface area contributed by atoms with Crippen molar-refractivity contribution < 1.29 is 22.5 Å². The maximum absolute atomic E-state index is 13.8. The molecule has 0 saturated carbocycles. The van der Waals surface area contributed by atoms with Gasteiger partial charge in [-0.2, -0.15) is 13.5 Å². The second-order valence-corrected chi connectivity index (χ2v) is 10.4. The number of nitrogens with zero attached hydrogens (tertiary/aromatic N) is 5. The third kappa shape index (κ3) is 7.41. The zero-order chi connectivity index (χ0) is 29.6. The fourth-order valence-electron chi connectivity index (χ4n) is 3.76. The van der Waals surface area contributed by atoms with Gasteiger partial charge in [0.1, 0.15) is 11.6 Å². The number of aromatic nitrogens is 5. The average molecular weight is 599 g/mol. The normalized spacial score (nSPS) is 11.8. The summed E-state index contributed by atoms with van der Waals surface area (Å²) in [6.45, 7) is -0.382. The number of anilines is 2. The van der Waals surface area contributed by atoms with Crippen LogP contribution in [0.2, 0.25) is 5.02 Å². The van der Waals surface area contributed by atoms with E-state index in [9.17, 15) is 22.7 Å². The van der Waals surface area contributed by atoms with Gasteiger partial charge in [-0.1, -0.05) is 35.9 Å². The number of aliphatic hydroxyl groups is 1. The predicted octanol–water partition coefficient (Wildman–Crippen LogP) is 4.09. The fourth-order valence-corrected chi connectivity index (χ4v) is 4.38. The first-order valence-corrected chi connectivity index (χ1v) is 13.8. The molecule has 0 radical (unpaired) electrons. The molecule has 212 valence electrons. The fraction of sp³-hybridized carbons (Fsp3) is 0.111. The first-order valence-electron chi connectivity index (χ1n) is 12.0. The zero-order valence-corrected chi connectivity index (χ0v) is 23.0. The summed E-state index contributed by atoms with van der Waals surface area (Å²) in [6, 6.07) is 17.4. The Kier molecular flexibility index (Phi) is 9.24. The van der Waals surface area contributed by atoms with Gasteiger partial charge in [0.15, 0.2) is 0 Å². The van der Waals surface area contributed by atoms with E-state index in [2.05, 4.69) is 20.4 Å². The molecule has 3 N–H and O–H groups in total. The largest absolute Gasteiger partial charge is 0.394 e. The Hall–Kier alpha value is -4.43. The smallest absolute Gasteiger partial charge is 0.294 e.